The lowest BCUT2D eigenvalue weighted by Crippen LogP contribution is -2.34. The van der Waals surface area contributed by atoms with Gasteiger partial charge in [0.15, 0.2) is 0 Å². The van der Waals surface area contributed by atoms with E-state index in [-0.39, 0.29) is 11.3 Å². The summed E-state index contributed by atoms with van der Waals surface area (Å²) in [5, 5.41) is 3.06. The predicted molar refractivity (Wildman–Crippen MR) is 81.0 cm³/mol. The largest absolute Gasteiger partial charge is 0.356 e. The Balaban J connectivity index is 2.28. The van der Waals surface area contributed by atoms with E-state index in [0.717, 1.165) is 19.4 Å². The van der Waals surface area contributed by atoms with Gasteiger partial charge in [-0.15, -0.1) is 0 Å². The molecule has 0 fully saturated rings. The van der Waals surface area contributed by atoms with Crippen LogP contribution in [0.3, 0.4) is 0 Å². The van der Waals surface area contributed by atoms with Crippen LogP contribution in [0.2, 0.25) is 0 Å². The number of carbonyl (C=O) groups excluding carboxylic acids is 1. The normalized spacial score (nSPS) is 11.6. The van der Waals surface area contributed by atoms with Crippen molar-refractivity contribution >= 4 is 5.91 Å². The third-order valence-electron chi connectivity index (χ3n) is 3.21. The maximum atomic E-state index is 11.8. The fourth-order valence-corrected chi connectivity index (χ4v) is 2.51. The lowest BCUT2D eigenvalue weighted by atomic mass is 9.84. The molecule has 0 atom stereocenters. The van der Waals surface area contributed by atoms with Crippen LogP contribution in [0.25, 0.3) is 0 Å². The highest BCUT2D eigenvalue weighted by molar-refractivity contribution is 5.76. The van der Waals surface area contributed by atoms with Gasteiger partial charge in [-0.3, -0.25) is 4.79 Å². The highest BCUT2D eigenvalue weighted by Crippen LogP contribution is 2.24. The average Bonchev–Trinajstić information content (AvgIpc) is 2.34. The van der Waals surface area contributed by atoms with Crippen LogP contribution in [0.15, 0.2) is 30.3 Å². The third-order valence-corrected chi connectivity index (χ3v) is 3.21. The van der Waals surface area contributed by atoms with Crippen LogP contribution < -0.4 is 5.32 Å². The molecular weight excluding hydrogens is 234 g/mol. The van der Waals surface area contributed by atoms with Crippen LogP contribution in [-0.2, 0) is 11.2 Å². The molecule has 0 aromatic heterocycles. The topological polar surface area (TPSA) is 29.1 Å². The molecule has 0 unspecified atom stereocenters. The van der Waals surface area contributed by atoms with E-state index in [1.165, 1.54) is 5.56 Å². The van der Waals surface area contributed by atoms with Crippen molar-refractivity contribution in [2.75, 3.05) is 6.54 Å². The molecule has 2 nitrogen and oxygen atoms in total. The number of aryl methyl sites for hydroxylation is 1. The van der Waals surface area contributed by atoms with Gasteiger partial charge >= 0.3 is 0 Å². The highest BCUT2D eigenvalue weighted by atomic mass is 16.1. The van der Waals surface area contributed by atoms with E-state index in [9.17, 15) is 4.79 Å². The van der Waals surface area contributed by atoms with Crippen molar-refractivity contribution < 1.29 is 4.79 Å². The van der Waals surface area contributed by atoms with Crippen molar-refractivity contribution in [3.8, 4) is 0 Å². The summed E-state index contributed by atoms with van der Waals surface area (Å²) < 4.78 is 0. The standard InChI is InChI=1S/C17H27NO/c1-14(2)12-17(3,4)13-18-16(19)11-10-15-8-6-5-7-9-15/h5-9,14H,10-13H2,1-4H3,(H,18,19). The fraction of sp³-hybridized carbons (Fsp3) is 0.588. The van der Waals surface area contributed by atoms with Crippen LogP contribution in [0.5, 0.6) is 0 Å². The van der Waals surface area contributed by atoms with Gasteiger partial charge < -0.3 is 5.32 Å². The van der Waals surface area contributed by atoms with Crippen molar-refractivity contribution in [1.29, 1.82) is 0 Å². The molecule has 0 heterocycles. The first-order valence-electron chi connectivity index (χ1n) is 7.20. The van der Waals surface area contributed by atoms with Gasteiger partial charge in [0.05, 0.1) is 0 Å². The van der Waals surface area contributed by atoms with Gasteiger partial charge in [-0.25, -0.2) is 0 Å². The molecule has 106 valence electrons. The highest BCUT2D eigenvalue weighted by Gasteiger charge is 2.20. The molecule has 0 saturated carbocycles. The zero-order chi connectivity index (χ0) is 14.3. The summed E-state index contributed by atoms with van der Waals surface area (Å²) in [4.78, 5) is 11.8. The number of benzene rings is 1. The molecule has 1 rings (SSSR count). The molecule has 1 aromatic carbocycles. The van der Waals surface area contributed by atoms with Crippen LogP contribution in [0.4, 0.5) is 0 Å². The van der Waals surface area contributed by atoms with Crippen molar-refractivity contribution in [1.82, 2.24) is 5.32 Å². The van der Waals surface area contributed by atoms with E-state index in [1.807, 2.05) is 18.2 Å². The van der Waals surface area contributed by atoms with Gasteiger partial charge in [0.1, 0.15) is 0 Å². The molecule has 1 aromatic rings. The van der Waals surface area contributed by atoms with Crippen molar-refractivity contribution in [3.05, 3.63) is 35.9 Å². The number of rotatable bonds is 7. The van der Waals surface area contributed by atoms with Crippen LogP contribution in [0.1, 0.15) is 46.1 Å². The van der Waals surface area contributed by atoms with Gasteiger partial charge in [0, 0.05) is 13.0 Å². The van der Waals surface area contributed by atoms with Gasteiger partial charge in [0.2, 0.25) is 5.91 Å². The Kier molecular flexibility index (Phi) is 6.07. The van der Waals surface area contributed by atoms with Gasteiger partial charge in [-0.2, -0.15) is 0 Å². The first-order chi connectivity index (χ1) is 8.89. The lowest BCUT2D eigenvalue weighted by Gasteiger charge is -2.27. The summed E-state index contributed by atoms with van der Waals surface area (Å²) in [6.45, 7) is 9.63. The van der Waals surface area contributed by atoms with Crippen LogP contribution in [-0.4, -0.2) is 12.5 Å². The van der Waals surface area contributed by atoms with Crippen LogP contribution in [0, 0.1) is 11.3 Å². The average molecular weight is 261 g/mol. The maximum absolute atomic E-state index is 11.8. The number of nitrogens with one attached hydrogen (secondary N) is 1. The van der Waals surface area contributed by atoms with E-state index in [4.69, 9.17) is 0 Å². The fourth-order valence-electron chi connectivity index (χ4n) is 2.51. The molecule has 0 aliphatic rings. The Morgan fingerprint density at radius 3 is 2.42 bits per heavy atom. The minimum atomic E-state index is 0.153. The van der Waals surface area contributed by atoms with E-state index >= 15 is 0 Å². The minimum absolute atomic E-state index is 0.153. The second-order valence-corrected chi connectivity index (χ2v) is 6.52. The zero-order valence-corrected chi connectivity index (χ0v) is 12.7. The second kappa shape index (κ2) is 7.32. The number of hydrogen-bond acceptors (Lipinski definition) is 1. The Labute approximate surface area is 117 Å². The Morgan fingerprint density at radius 1 is 1.21 bits per heavy atom. The van der Waals surface area contributed by atoms with Gasteiger partial charge in [-0.1, -0.05) is 58.0 Å². The first-order valence-corrected chi connectivity index (χ1v) is 7.20. The van der Waals surface area contributed by atoms with E-state index < -0.39 is 0 Å². The van der Waals surface area contributed by atoms with E-state index in [0.29, 0.717) is 12.3 Å². The summed E-state index contributed by atoms with van der Waals surface area (Å²) in [5.41, 5.74) is 1.40. The second-order valence-electron chi connectivity index (χ2n) is 6.52. The molecule has 1 N–H and O–H groups in total. The molecule has 2 heteroatoms. The van der Waals surface area contributed by atoms with Gasteiger partial charge in [0.25, 0.3) is 0 Å². The zero-order valence-electron chi connectivity index (χ0n) is 12.7. The first kappa shape index (κ1) is 15.7. The molecule has 0 saturated heterocycles. The summed E-state index contributed by atoms with van der Waals surface area (Å²) >= 11 is 0. The molecule has 0 bridgehead atoms. The molecule has 0 spiro atoms. The summed E-state index contributed by atoms with van der Waals surface area (Å²) in [7, 11) is 0. The lowest BCUT2D eigenvalue weighted by molar-refractivity contribution is -0.121. The molecule has 0 aliphatic carbocycles. The van der Waals surface area contributed by atoms with Gasteiger partial charge in [-0.05, 0) is 29.7 Å². The van der Waals surface area contributed by atoms with E-state index in [2.05, 4.69) is 45.1 Å². The van der Waals surface area contributed by atoms with Crippen molar-refractivity contribution in [3.63, 3.8) is 0 Å². The third kappa shape index (κ3) is 7.00. The molecule has 0 radical (unpaired) electrons. The predicted octanol–water partition coefficient (Wildman–Crippen LogP) is 3.81. The minimum Gasteiger partial charge on any atom is -0.356 e. The monoisotopic (exact) mass is 261 g/mol. The number of carbonyl (C=O) groups is 1. The SMILES string of the molecule is CC(C)CC(C)(C)CNC(=O)CCc1ccccc1. The molecule has 19 heavy (non-hydrogen) atoms. The molecular formula is C17H27NO. The summed E-state index contributed by atoms with van der Waals surface area (Å²) in [5.74, 6) is 0.817. The molecule has 0 aliphatic heterocycles. The smallest absolute Gasteiger partial charge is 0.220 e. The number of amides is 1. The quantitative estimate of drug-likeness (QED) is 0.794. The maximum Gasteiger partial charge on any atom is 0.220 e. The Hall–Kier alpha value is -1.31. The Morgan fingerprint density at radius 2 is 1.84 bits per heavy atom. The summed E-state index contributed by atoms with van der Waals surface area (Å²) in [6.07, 6.45) is 2.52. The van der Waals surface area contributed by atoms with Crippen molar-refractivity contribution in [2.45, 2.75) is 47.0 Å². The summed E-state index contributed by atoms with van der Waals surface area (Å²) in [6, 6.07) is 10.2. The number of hydrogen-bond donors (Lipinski definition) is 1. The Bertz CT molecular complexity index is 382. The molecule has 1 amide bonds. The van der Waals surface area contributed by atoms with Crippen molar-refractivity contribution in [2.24, 2.45) is 11.3 Å². The van der Waals surface area contributed by atoms with E-state index in [1.54, 1.807) is 0 Å². The van der Waals surface area contributed by atoms with Crippen LogP contribution >= 0.6 is 0 Å².